The molecule has 0 unspecified atom stereocenters. The summed E-state index contributed by atoms with van der Waals surface area (Å²) in [5.41, 5.74) is 23.3. The van der Waals surface area contributed by atoms with E-state index in [9.17, 15) is 33.6 Å². The second-order valence-corrected chi connectivity index (χ2v) is 15.7. The van der Waals surface area contributed by atoms with Gasteiger partial charge in [0.2, 0.25) is 6.29 Å². The van der Waals surface area contributed by atoms with Gasteiger partial charge < -0.3 is 40.4 Å². The first-order valence-electron chi connectivity index (χ1n) is 23.2. The molecule has 6 N–H and O–H groups in total. The molecule has 0 saturated carbocycles. The molecule has 384 valence electrons. The summed E-state index contributed by atoms with van der Waals surface area (Å²) >= 11 is 0. The molecule has 8 rings (SSSR count). The lowest BCUT2D eigenvalue weighted by Crippen LogP contribution is -2.07. The number of ether oxygens (including phenoxy) is 4. The number of hydrogen-bond acceptors (Lipinski definition) is 15. The zero-order valence-electron chi connectivity index (χ0n) is 40.8. The number of nitrogens with one attached hydrogen (secondary N) is 2. The third-order valence-corrected chi connectivity index (χ3v) is 10.6. The number of rotatable bonds is 14. The van der Waals surface area contributed by atoms with E-state index in [1.807, 2.05) is 84.9 Å². The Morgan fingerprint density at radius 3 is 1.42 bits per heavy atom. The Hall–Kier alpha value is -9.25. The molecule has 0 atom stereocenters. The summed E-state index contributed by atoms with van der Waals surface area (Å²) in [5, 5.41) is 0. The van der Waals surface area contributed by atoms with E-state index in [1.54, 1.807) is 70.2 Å². The Labute approximate surface area is 427 Å². The number of nitrogen functional groups attached to an aromatic ring is 2. The zero-order valence-corrected chi connectivity index (χ0v) is 40.8. The van der Waals surface area contributed by atoms with Crippen molar-refractivity contribution in [1.29, 1.82) is 0 Å². The predicted octanol–water partition coefficient (Wildman–Crippen LogP) is 8.38. The molecule has 0 aliphatic heterocycles. The maximum Gasteiger partial charge on any atom is 0.371 e. The number of nitrogens with two attached hydrogens (primary N) is 2. The zero-order chi connectivity index (χ0) is 52.7. The molecule has 2 aromatic heterocycles. The molecular weight excluding hydrogens is 945 g/mol. The number of aldehydes is 1. The summed E-state index contributed by atoms with van der Waals surface area (Å²) in [5.74, 6) is -1.74. The molecule has 0 aliphatic carbocycles. The molecule has 0 saturated heterocycles. The van der Waals surface area contributed by atoms with E-state index < -0.39 is 5.97 Å². The van der Waals surface area contributed by atoms with Gasteiger partial charge in [0.05, 0.1) is 89.0 Å². The molecule has 8 aromatic rings. The van der Waals surface area contributed by atoms with Crippen molar-refractivity contribution in [3.8, 4) is 0 Å². The number of carbonyl (C=O) groups is 5. The smallest absolute Gasteiger partial charge is 0.371 e. The van der Waals surface area contributed by atoms with Gasteiger partial charge in [0.1, 0.15) is 0 Å². The highest BCUT2D eigenvalue weighted by molar-refractivity contribution is 6.20. The van der Waals surface area contributed by atoms with Crippen molar-refractivity contribution < 1.29 is 42.9 Å². The van der Waals surface area contributed by atoms with Crippen molar-refractivity contribution in [2.45, 2.75) is 54.4 Å². The molecule has 2 heterocycles. The van der Waals surface area contributed by atoms with E-state index in [1.165, 1.54) is 12.4 Å². The first kappa shape index (κ1) is 57.3. The van der Waals surface area contributed by atoms with E-state index in [0.29, 0.717) is 67.1 Å². The lowest BCUT2D eigenvalue weighted by molar-refractivity contribution is -0.148. The Morgan fingerprint density at radius 2 is 0.932 bits per heavy atom. The quantitative estimate of drug-likeness (QED) is 0.0262. The predicted molar refractivity (Wildman–Crippen MR) is 285 cm³/mol. The summed E-state index contributed by atoms with van der Waals surface area (Å²) in [7, 11) is 0. The SMILES string of the molecule is C.CCOC(=O)C=O.CCOC(=O)c1ccc(Cc2cccc(N)c2N)cc1.CCOC(=O)c1ccc(Cc2cccc3[nH]c(=O)cnc23)cc1.CCOC(=O)c1ccc(Cc2cccc3ncc(=O)[nH]c23)cc1. The number of hydrogen-bond donors (Lipinski definition) is 4. The van der Waals surface area contributed by atoms with E-state index in [4.69, 9.17) is 25.7 Å². The topological polar surface area (TPSA) is 266 Å². The van der Waals surface area contributed by atoms with Crippen LogP contribution in [0.1, 0.15) is 99.6 Å². The van der Waals surface area contributed by atoms with Gasteiger partial charge in [-0.25, -0.2) is 29.1 Å². The van der Waals surface area contributed by atoms with Crippen molar-refractivity contribution >= 4 is 63.6 Å². The van der Waals surface area contributed by atoms with E-state index in [0.717, 1.165) is 55.4 Å². The molecule has 0 aliphatic rings. The number of carbonyl (C=O) groups excluding carboxylic acids is 5. The second kappa shape index (κ2) is 29.2. The van der Waals surface area contributed by atoms with Crippen molar-refractivity contribution in [2.75, 3.05) is 37.9 Å². The molecule has 0 radical (unpaired) electrons. The fraction of sp³-hybridized carbons (Fsp3) is 0.211. The minimum absolute atomic E-state index is 0. The van der Waals surface area contributed by atoms with Gasteiger partial charge in [0.25, 0.3) is 11.1 Å². The first-order chi connectivity index (χ1) is 35.3. The number of aromatic nitrogens is 4. The molecular formula is C57H60N6O11. The average Bonchev–Trinajstić information content (AvgIpc) is 3.39. The Morgan fingerprint density at radius 1 is 0.514 bits per heavy atom. The summed E-state index contributed by atoms with van der Waals surface area (Å²) in [6.07, 6.45) is 4.70. The van der Waals surface area contributed by atoms with Crippen LogP contribution in [0.15, 0.2) is 149 Å². The van der Waals surface area contributed by atoms with Gasteiger partial charge in [0.15, 0.2) is 0 Å². The summed E-state index contributed by atoms with van der Waals surface area (Å²) in [6, 6.07) is 38.9. The van der Waals surface area contributed by atoms with Crippen LogP contribution in [0.4, 0.5) is 11.4 Å². The van der Waals surface area contributed by atoms with Crippen LogP contribution in [0.5, 0.6) is 0 Å². The summed E-state index contributed by atoms with van der Waals surface area (Å²) < 4.78 is 19.1. The molecule has 0 fully saturated rings. The van der Waals surface area contributed by atoms with Crippen LogP contribution in [0.25, 0.3) is 22.1 Å². The monoisotopic (exact) mass is 1000 g/mol. The first-order valence-corrected chi connectivity index (χ1v) is 23.2. The van der Waals surface area contributed by atoms with Crippen LogP contribution in [0, 0.1) is 0 Å². The number of nitrogens with zero attached hydrogens (tertiary/aromatic N) is 2. The molecule has 6 aromatic carbocycles. The lowest BCUT2D eigenvalue weighted by Gasteiger charge is -2.08. The minimum Gasteiger partial charge on any atom is -0.462 e. The van der Waals surface area contributed by atoms with Crippen molar-refractivity contribution in [2.24, 2.45) is 0 Å². The van der Waals surface area contributed by atoms with Gasteiger partial charge in [-0.1, -0.05) is 80.2 Å². The highest BCUT2D eigenvalue weighted by Crippen LogP contribution is 2.23. The second-order valence-electron chi connectivity index (χ2n) is 15.7. The Bertz CT molecular complexity index is 3260. The minimum atomic E-state index is -0.803. The number of anilines is 2. The number of H-pyrrole nitrogens is 2. The van der Waals surface area contributed by atoms with Crippen LogP contribution >= 0.6 is 0 Å². The maximum atomic E-state index is 11.7. The number of para-hydroxylation sites is 3. The van der Waals surface area contributed by atoms with Gasteiger partial charge in [-0.05, 0) is 135 Å². The van der Waals surface area contributed by atoms with Crippen molar-refractivity contribution in [3.63, 3.8) is 0 Å². The van der Waals surface area contributed by atoms with Gasteiger partial charge in [-0.15, -0.1) is 0 Å². The number of fused-ring (bicyclic) bond motifs is 2. The number of esters is 4. The fourth-order valence-electron chi connectivity index (χ4n) is 7.09. The van der Waals surface area contributed by atoms with Gasteiger partial charge in [-0.3, -0.25) is 14.4 Å². The lowest BCUT2D eigenvalue weighted by atomic mass is 10.0. The molecule has 0 bridgehead atoms. The molecule has 74 heavy (non-hydrogen) atoms. The summed E-state index contributed by atoms with van der Waals surface area (Å²) in [4.78, 5) is 90.9. The Balaban J connectivity index is 0.000000225. The highest BCUT2D eigenvalue weighted by Gasteiger charge is 2.11. The van der Waals surface area contributed by atoms with Crippen LogP contribution in [-0.4, -0.2) is 76.5 Å². The van der Waals surface area contributed by atoms with E-state index >= 15 is 0 Å². The maximum absolute atomic E-state index is 11.7. The molecule has 17 heteroatoms. The highest BCUT2D eigenvalue weighted by atomic mass is 16.5. The average molecular weight is 1010 g/mol. The van der Waals surface area contributed by atoms with Crippen LogP contribution < -0.4 is 22.6 Å². The summed E-state index contributed by atoms with van der Waals surface area (Å²) in [6.45, 7) is 8.34. The van der Waals surface area contributed by atoms with E-state index in [2.05, 4.69) is 24.7 Å². The Kier molecular flexibility index (Phi) is 22.6. The van der Waals surface area contributed by atoms with Gasteiger partial charge in [-0.2, -0.15) is 0 Å². The molecule has 0 amide bonds. The molecule has 17 nitrogen and oxygen atoms in total. The normalized spacial score (nSPS) is 10.1. The van der Waals surface area contributed by atoms with Gasteiger partial charge in [0, 0.05) is 0 Å². The third kappa shape index (κ3) is 17.0. The number of aromatic amines is 2. The number of benzene rings is 6. The van der Waals surface area contributed by atoms with E-state index in [-0.39, 0.29) is 49.3 Å². The van der Waals surface area contributed by atoms with Crippen molar-refractivity contribution in [3.05, 3.63) is 211 Å². The standard InChI is InChI=1S/2C18H16N2O3.C16H18N2O2.C4H6O3.CH4/c1-2-23-18(22)13-8-6-12(7-9-13)10-14-4-3-5-15-17(14)19-11-16(21)20-15;1-2-23-18(22)13-8-6-12(7-9-13)10-14-4-3-5-15-17(14)20-16(21)11-19-15;1-2-20-16(19)12-8-6-11(7-9-12)10-13-4-3-5-14(17)15(13)18;1-2-7-4(6)3-5;/h2*3-9,11H,2,10H2,1H3,(H,20,21);3-9H,2,10,17-18H2,1H3;3H,2H2,1H3;1H4. The van der Waals surface area contributed by atoms with Crippen molar-refractivity contribution in [1.82, 2.24) is 19.9 Å². The third-order valence-electron chi connectivity index (χ3n) is 10.6. The van der Waals surface area contributed by atoms with Crippen LogP contribution in [0.3, 0.4) is 0 Å². The van der Waals surface area contributed by atoms with Gasteiger partial charge >= 0.3 is 23.9 Å². The largest absolute Gasteiger partial charge is 0.462 e. The molecule has 0 spiro atoms. The fourth-order valence-corrected chi connectivity index (χ4v) is 7.09. The van der Waals surface area contributed by atoms with Crippen LogP contribution in [-0.2, 0) is 47.8 Å². The van der Waals surface area contributed by atoms with Crippen LogP contribution in [0.2, 0.25) is 0 Å².